The number of ketones is 1. The Morgan fingerprint density at radius 1 is 1.08 bits per heavy atom. The average Bonchev–Trinajstić information content (AvgIpc) is 3.12. The third kappa shape index (κ3) is 4.18. The van der Waals surface area contributed by atoms with Gasteiger partial charge in [0.15, 0.2) is 5.78 Å². The first-order valence-corrected chi connectivity index (χ1v) is 14.6. The molecule has 1 aromatic carbocycles. The fourth-order valence-corrected chi connectivity index (χ4v) is 8.18. The lowest BCUT2D eigenvalue weighted by Gasteiger charge is -2.53. The predicted octanol–water partition coefficient (Wildman–Crippen LogP) is 6.20. The number of fused-ring (bicyclic) bond motifs is 4. The lowest BCUT2D eigenvalue weighted by molar-refractivity contribution is -0.114. The molecule has 3 fully saturated rings. The van der Waals surface area contributed by atoms with Crippen molar-refractivity contribution >= 4 is 11.5 Å². The summed E-state index contributed by atoms with van der Waals surface area (Å²) in [6.07, 6.45) is 8.48. The van der Waals surface area contributed by atoms with Gasteiger partial charge < -0.3 is 14.7 Å². The van der Waals surface area contributed by atoms with Crippen molar-refractivity contribution in [2.75, 3.05) is 25.1 Å². The van der Waals surface area contributed by atoms with E-state index in [9.17, 15) is 9.90 Å². The summed E-state index contributed by atoms with van der Waals surface area (Å²) in [7, 11) is 1.79. The Morgan fingerprint density at radius 2 is 1.82 bits per heavy atom. The molecule has 38 heavy (non-hydrogen) atoms. The van der Waals surface area contributed by atoms with Crippen LogP contribution in [0.4, 0.5) is 5.69 Å². The third-order valence-electron chi connectivity index (χ3n) is 10.4. The summed E-state index contributed by atoms with van der Waals surface area (Å²) < 4.78 is 5.47. The van der Waals surface area contributed by atoms with Crippen molar-refractivity contribution in [2.45, 2.75) is 90.3 Å². The molecule has 1 unspecified atom stereocenters. The fraction of sp³-hybridized carbons (Fsp3) is 0.618. The van der Waals surface area contributed by atoms with Gasteiger partial charge in [-0.25, -0.2) is 0 Å². The van der Waals surface area contributed by atoms with Crippen molar-refractivity contribution in [1.82, 2.24) is 0 Å². The Balaban J connectivity index is 1.42. The minimum Gasteiger partial charge on any atom is -0.378 e. The zero-order valence-electron chi connectivity index (χ0n) is 23.8. The zero-order valence-corrected chi connectivity index (χ0v) is 23.8. The minimum absolute atomic E-state index is 0.140. The Hall–Kier alpha value is -2.35. The van der Waals surface area contributed by atoms with Crippen LogP contribution in [0.3, 0.4) is 0 Å². The van der Waals surface area contributed by atoms with E-state index in [-0.39, 0.29) is 22.5 Å². The van der Waals surface area contributed by atoms with Gasteiger partial charge in [-0.2, -0.15) is 0 Å². The summed E-state index contributed by atoms with van der Waals surface area (Å²) in [5.74, 6) is 8.23. The normalized spacial score (nSPS) is 35.0. The van der Waals surface area contributed by atoms with Crippen LogP contribution in [-0.4, -0.2) is 42.8 Å². The van der Waals surface area contributed by atoms with Crippen LogP contribution in [0.1, 0.15) is 84.1 Å². The monoisotopic (exact) mass is 513 g/mol. The first kappa shape index (κ1) is 25.9. The summed E-state index contributed by atoms with van der Waals surface area (Å²) in [6.45, 7) is 10.6. The highest BCUT2D eigenvalue weighted by Crippen LogP contribution is 2.66. The maximum atomic E-state index is 12.3. The van der Waals surface area contributed by atoms with E-state index in [1.165, 1.54) is 22.4 Å². The number of allylic oxidation sites excluding steroid dienone is 4. The molecule has 1 heterocycles. The topological polar surface area (TPSA) is 49.8 Å². The van der Waals surface area contributed by atoms with Crippen molar-refractivity contribution in [3.63, 3.8) is 0 Å². The number of anilines is 1. The minimum atomic E-state index is -0.967. The van der Waals surface area contributed by atoms with Gasteiger partial charge in [-0.3, -0.25) is 4.79 Å². The van der Waals surface area contributed by atoms with Gasteiger partial charge in [0.25, 0.3) is 0 Å². The van der Waals surface area contributed by atoms with Crippen LogP contribution in [-0.2, 0) is 9.53 Å². The van der Waals surface area contributed by atoms with Gasteiger partial charge in [0, 0.05) is 49.1 Å². The predicted molar refractivity (Wildman–Crippen MR) is 152 cm³/mol. The molecule has 4 aliphatic carbocycles. The number of aliphatic hydroxyl groups is 1. The Labute approximate surface area is 228 Å². The number of carbonyl (C=O) groups is 1. The third-order valence-corrected chi connectivity index (χ3v) is 10.4. The number of rotatable bonds is 3. The molecule has 4 heteroatoms. The number of hydrogen-bond donors (Lipinski definition) is 1. The van der Waals surface area contributed by atoms with E-state index < -0.39 is 5.60 Å². The molecule has 4 nitrogen and oxygen atoms in total. The maximum Gasteiger partial charge on any atom is 0.156 e. The molecule has 0 radical (unpaired) electrons. The van der Waals surface area contributed by atoms with Crippen LogP contribution in [0.2, 0.25) is 0 Å². The van der Waals surface area contributed by atoms with Crippen molar-refractivity contribution in [3.8, 4) is 11.8 Å². The molecule has 0 bridgehead atoms. The lowest BCUT2D eigenvalue weighted by atomic mass is 9.51. The van der Waals surface area contributed by atoms with Crippen molar-refractivity contribution in [2.24, 2.45) is 22.7 Å². The number of benzene rings is 1. The van der Waals surface area contributed by atoms with Gasteiger partial charge in [0.2, 0.25) is 0 Å². The molecular formula is C34H43NO3. The molecule has 6 rings (SSSR count). The molecule has 5 atom stereocenters. The van der Waals surface area contributed by atoms with Crippen LogP contribution in [0, 0.1) is 34.5 Å². The number of ether oxygens (including phenoxy) is 1. The Morgan fingerprint density at radius 3 is 2.50 bits per heavy atom. The second-order valence-corrected chi connectivity index (χ2v) is 13.7. The van der Waals surface area contributed by atoms with E-state index in [0.717, 1.165) is 51.6 Å². The Bertz CT molecular complexity index is 1250. The van der Waals surface area contributed by atoms with E-state index in [1.807, 2.05) is 6.08 Å². The van der Waals surface area contributed by atoms with Crippen LogP contribution >= 0.6 is 0 Å². The van der Waals surface area contributed by atoms with Crippen molar-refractivity contribution < 1.29 is 14.6 Å². The quantitative estimate of drug-likeness (QED) is 0.489. The molecule has 0 aromatic heterocycles. The highest BCUT2D eigenvalue weighted by atomic mass is 16.5. The molecule has 1 N–H and O–H groups in total. The fourth-order valence-electron chi connectivity index (χ4n) is 8.18. The summed E-state index contributed by atoms with van der Waals surface area (Å²) in [6, 6.07) is 9.16. The van der Waals surface area contributed by atoms with Crippen LogP contribution in [0.5, 0.6) is 0 Å². The van der Waals surface area contributed by atoms with Crippen LogP contribution < -0.4 is 4.90 Å². The SMILES string of the molecule is COC1CN(c2ccc([C@H]3C[C@@]4(C)C(CC[C@@]4(O)C#CC(C)(C)C)[C@@H]4CCC5=CC(=O)CCC5=C43)cc2)C1. The number of methoxy groups -OCH3 is 1. The van der Waals surface area contributed by atoms with E-state index in [4.69, 9.17) is 4.74 Å². The molecule has 1 aliphatic heterocycles. The average molecular weight is 514 g/mol. The molecule has 2 saturated carbocycles. The summed E-state index contributed by atoms with van der Waals surface area (Å²) in [5, 5.41) is 12.2. The van der Waals surface area contributed by atoms with E-state index >= 15 is 0 Å². The zero-order chi connectivity index (χ0) is 26.9. The summed E-state index contributed by atoms with van der Waals surface area (Å²) in [4.78, 5) is 14.7. The second-order valence-electron chi connectivity index (χ2n) is 13.7. The first-order chi connectivity index (χ1) is 18.0. The van der Waals surface area contributed by atoms with E-state index in [1.54, 1.807) is 12.7 Å². The second kappa shape index (κ2) is 9.10. The summed E-state index contributed by atoms with van der Waals surface area (Å²) in [5.41, 5.74) is 5.52. The van der Waals surface area contributed by atoms with Gasteiger partial charge in [-0.15, -0.1) is 0 Å². The van der Waals surface area contributed by atoms with Crippen molar-refractivity contribution in [1.29, 1.82) is 0 Å². The maximum absolute atomic E-state index is 12.3. The van der Waals surface area contributed by atoms with E-state index in [2.05, 4.69) is 68.7 Å². The molecule has 0 amide bonds. The molecule has 5 aliphatic rings. The van der Waals surface area contributed by atoms with Crippen LogP contribution in [0.25, 0.3) is 0 Å². The highest BCUT2D eigenvalue weighted by Gasteiger charge is 2.62. The standard InChI is InChI=1S/C34H43NO3/c1-32(2,3)16-17-34(37)15-14-30-28-12-8-23-18-25(36)11-13-27(23)31(28)29(19-33(30,34)4)22-6-9-24(10-7-22)35-20-26(21-35)38-5/h6-7,9-10,18,26,28-30,37H,8,11-15,19-21H2,1-5H3/t28-,29+,30?,33-,34+/m0/s1. The molecule has 0 spiro atoms. The van der Waals surface area contributed by atoms with Crippen LogP contribution in [0.15, 0.2) is 47.1 Å². The van der Waals surface area contributed by atoms with Crippen molar-refractivity contribution in [3.05, 3.63) is 52.6 Å². The number of hydrogen-bond acceptors (Lipinski definition) is 4. The van der Waals surface area contributed by atoms with Gasteiger partial charge in [-0.05, 0) is 106 Å². The molecule has 202 valence electrons. The molecule has 1 aromatic rings. The number of carbonyl (C=O) groups excluding carboxylic acids is 1. The highest BCUT2D eigenvalue weighted by molar-refractivity contribution is 5.93. The van der Waals surface area contributed by atoms with Gasteiger partial charge in [0.1, 0.15) is 5.60 Å². The smallest absolute Gasteiger partial charge is 0.156 e. The molecular weight excluding hydrogens is 470 g/mol. The first-order valence-electron chi connectivity index (χ1n) is 14.6. The largest absolute Gasteiger partial charge is 0.378 e. The van der Waals surface area contributed by atoms with E-state index in [0.29, 0.717) is 24.4 Å². The lowest BCUT2D eigenvalue weighted by Crippen LogP contribution is -2.52. The molecule has 1 saturated heterocycles. The summed E-state index contributed by atoms with van der Waals surface area (Å²) >= 11 is 0. The number of nitrogens with zero attached hydrogens (tertiary/aromatic N) is 1. The van der Waals surface area contributed by atoms with Gasteiger partial charge in [-0.1, -0.05) is 36.5 Å². The van der Waals surface area contributed by atoms with Gasteiger partial charge >= 0.3 is 0 Å². The van der Waals surface area contributed by atoms with Gasteiger partial charge in [0.05, 0.1) is 6.10 Å². The Kier molecular flexibility index (Phi) is 6.21.